The highest BCUT2D eigenvalue weighted by molar-refractivity contribution is 5.95. The van der Waals surface area contributed by atoms with Crippen molar-refractivity contribution in [2.45, 2.75) is 32.6 Å². The lowest BCUT2D eigenvalue weighted by molar-refractivity contribution is -0.147. The van der Waals surface area contributed by atoms with E-state index in [1.165, 1.54) is 0 Å². The number of hydrogen-bond donors (Lipinski definition) is 2. The molecule has 0 unspecified atom stereocenters. The van der Waals surface area contributed by atoms with Crippen molar-refractivity contribution in [3.05, 3.63) is 54.4 Å². The number of hydrogen-bond acceptors (Lipinski definition) is 3. The smallest absolute Gasteiger partial charge is 0.307 e. The van der Waals surface area contributed by atoms with Gasteiger partial charge in [-0.05, 0) is 44.0 Å². The maximum absolute atomic E-state index is 12.7. The summed E-state index contributed by atoms with van der Waals surface area (Å²) in [6.07, 6.45) is 4.92. The molecule has 2 N–H and O–H groups in total. The molecule has 1 aromatic carbocycles. The first-order valence-electron chi connectivity index (χ1n) is 9.62. The van der Waals surface area contributed by atoms with Crippen LogP contribution in [0.1, 0.15) is 31.4 Å². The highest BCUT2D eigenvalue weighted by Gasteiger charge is 2.35. The first-order valence-corrected chi connectivity index (χ1v) is 9.62. The molecule has 2 atom stereocenters. The predicted molar refractivity (Wildman–Crippen MR) is 107 cm³/mol. The van der Waals surface area contributed by atoms with Crippen LogP contribution < -0.4 is 5.32 Å². The van der Waals surface area contributed by atoms with Crippen LogP contribution in [0.5, 0.6) is 0 Å². The summed E-state index contributed by atoms with van der Waals surface area (Å²) < 4.78 is 2.03. The molecule has 0 bridgehead atoms. The number of aromatic nitrogens is 2. The van der Waals surface area contributed by atoms with E-state index < -0.39 is 17.8 Å². The van der Waals surface area contributed by atoms with Gasteiger partial charge in [0.15, 0.2) is 0 Å². The summed E-state index contributed by atoms with van der Waals surface area (Å²) in [6, 6.07) is 13.5. The van der Waals surface area contributed by atoms with Crippen LogP contribution in [0.4, 0.5) is 5.69 Å². The Balaban J connectivity index is 1.57. The lowest BCUT2D eigenvalue weighted by atomic mass is 9.78. The third-order valence-corrected chi connectivity index (χ3v) is 5.54. The first-order chi connectivity index (χ1) is 13.5. The second-order valence-electron chi connectivity index (χ2n) is 7.43. The number of carbonyl (C=O) groups excluding carboxylic acids is 1. The highest BCUT2D eigenvalue weighted by atomic mass is 16.4. The number of carbonyl (C=O) groups is 2. The Bertz CT molecular complexity index is 1040. The molecule has 0 spiro atoms. The number of anilines is 1. The van der Waals surface area contributed by atoms with Gasteiger partial charge in [-0.1, -0.05) is 31.0 Å². The van der Waals surface area contributed by atoms with Gasteiger partial charge in [0.05, 0.1) is 17.5 Å². The van der Waals surface area contributed by atoms with E-state index in [1.54, 1.807) is 0 Å². The standard InChI is InChI=1S/C22H23N3O3/c1-14-6-4-11-20-24-19(13-25(14)20)15-7-5-8-16(12-15)23-21(26)17-9-2-3-10-18(17)22(27)28/h4-8,11-13,17-18H,2-3,9-10H2,1H3,(H,23,26)(H,27,28)/t17-,18-/m0/s1. The molecule has 1 aliphatic rings. The summed E-state index contributed by atoms with van der Waals surface area (Å²) in [5.41, 5.74) is 4.35. The molecule has 6 heteroatoms. The number of imidazole rings is 1. The van der Waals surface area contributed by atoms with Gasteiger partial charge in [-0.3, -0.25) is 9.59 Å². The normalized spacial score (nSPS) is 19.5. The number of nitrogens with zero attached hydrogens (tertiary/aromatic N) is 2. The lowest BCUT2D eigenvalue weighted by Gasteiger charge is -2.27. The third kappa shape index (κ3) is 3.50. The number of carboxylic acids is 1. The average Bonchev–Trinajstić information content (AvgIpc) is 3.14. The van der Waals surface area contributed by atoms with Crippen molar-refractivity contribution in [3.63, 3.8) is 0 Å². The van der Waals surface area contributed by atoms with Crippen molar-refractivity contribution < 1.29 is 14.7 Å². The largest absolute Gasteiger partial charge is 0.481 e. The summed E-state index contributed by atoms with van der Waals surface area (Å²) in [6.45, 7) is 2.03. The molecule has 0 aliphatic heterocycles. The Morgan fingerprint density at radius 2 is 1.86 bits per heavy atom. The minimum atomic E-state index is -0.881. The molecule has 0 radical (unpaired) electrons. The van der Waals surface area contributed by atoms with E-state index in [-0.39, 0.29) is 5.91 Å². The number of benzene rings is 1. The molecule has 2 heterocycles. The molecular formula is C22H23N3O3. The van der Waals surface area contributed by atoms with Gasteiger partial charge >= 0.3 is 5.97 Å². The van der Waals surface area contributed by atoms with Crippen molar-refractivity contribution in [1.29, 1.82) is 0 Å². The zero-order valence-electron chi connectivity index (χ0n) is 15.8. The summed E-state index contributed by atoms with van der Waals surface area (Å²) >= 11 is 0. The van der Waals surface area contributed by atoms with E-state index in [0.29, 0.717) is 18.5 Å². The summed E-state index contributed by atoms with van der Waals surface area (Å²) in [5, 5.41) is 12.3. The van der Waals surface area contributed by atoms with Crippen LogP contribution in [-0.4, -0.2) is 26.4 Å². The number of nitrogens with one attached hydrogen (secondary N) is 1. The van der Waals surface area contributed by atoms with E-state index >= 15 is 0 Å². The van der Waals surface area contributed by atoms with E-state index in [2.05, 4.69) is 10.3 Å². The second kappa shape index (κ2) is 7.46. The average molecular weight is 377 g/mol. The van der Waals surface area contributed by atoms with Gasteiger partial charge in [0, 0.05) is 23.1 Å². The molecule has 1 amide bonds. The van der Waals surface area contributed by atoms with E-state index in [4.69, 9.17) is 0 Å². The van der Waals surface area contributed by atoms with Crippen LogP contribution >= 0.6 is 0 Å². The minimum Gasteiger partial charge on any atom is -0.481 e. The fraction of sp³-hybridized carbons (Fsp3) is 0.318. The number of carboxylic acid groups (broad SMARTS) is 1. The van der Waals surface area contributed by atoms with Gasteiger partial charge in [-0.15, -0.1) is 0 Å². The van der Waals surface area contributed by atoms with Gasteiger partial charge in [0.2, 0.25) is 5.91 Å². The van der Waals surface area contributed by atoms with Gasteiger partial charge in [-0.2, -0.15) is 0 Å². The SMILES string of the molecule is Cc1cccc2nc(-c3cccc(NC(=O)[C@H]4CCCC[C@@H]4C(=O)O)c3)cn12. The van der Waals surface area contributed by atoms with Crippen LogP contribution in [0.2, 0.25) is 0 Å². The zero-order valence-corrected chi connectivity index (χ0v) is 15.8. The number of amides is 1. The Hall–Kier alpha value is -3.15. The third-order valence-electron chi connectivity index (χ3n) is 5.54. The molecule has 3 aromatic rings. The summed E-state index contributed by atoms with van der Waals surface area (Å²) in [5.74, 6) is -2.17. The molecule has 144 valence electrons. The molecule has 28 heavy (non-hydrogen) atoms. The lowest BCUT2D eigenvalue weighted by Crippen LogP contribution is -2.36. The molecule has 1 fully saturated rings. The van der Waals surface area contributed by atoms with Crippen LogP contribution in [0.15, 0.2) is 48.7 Å². The molecule has 1 saturated carbocycles. The first kappa shape index (κ1) is 18.2. The van der Waals surface area contributed by atoms with Crippen LogP contribution in [-0.2, 0) is 9.59 Å². The minimum absolute atomic E-state index is 0.213. The molecule has 0 saturated heterocycles. The van der Waals surface area contributed by atoms with Crippen LogP contribution in [0.3, 0.4) is 0 Å². The van der Waals surface area contributed by atoms with Crippen LogP contribution in [0, 0.1) is 18.8 Å². The van der Waals surface area contributed by atoms with Crippen molar-refractivity contribution in [1.82, 2.24) is 9.38 Å². The Morgan fingerprint density at radius 1 is 1.11 bits per heavy atom. The van der Waals surface area contributed by atoms with Crippen molar-refractivity contribution >= 4 is 23.2 Å². The molecule has 6 nitrogen and oxygen atoms in total. The zero-order chi connectivity index (χ0) is 19.7. The van der Waals surface area contributed by atoms with Gasteiger partial charge in [0.1, 0.15) is 5.65 Å². The van der Waals surface area contributed by atoms with E-state index in [1.807, 2.05) is 60.0 Å². The van der Waals surface area contributed by atoms with Crippen molar-refractivity contribution in [3.8, 4) is 11.3 Å². The second-order valence-corrected chi connectivity index (χ2v) is 7.43. The van der Waals surface area contributed by atoms with Gasteiger partial charge in [-0.25, -0.2) is 4.98 Å². The monoisotopic (exact) mass is 377 g/mol. The number of rotatable bonds is 4. The van der Waals surface area contributed by atoms with Gasteiger partial charge < -0.3 is 14.8 Å². The number of aryl methyl sites for hydroxylation is 1. The fourth-order valence-corrected chi connectivity index (χ4v) is 4.02. The van der Waals surface area contributed by atoms with Gasteiger partial charge in [0.25, 0.3) is 0 Å². The Kier molecular flexibility index (Phi) is 4.86. The molecule has 1 aliphatic carbocycles. The van der Waals surface area contributed by atoms with Crippen molar-refractivity contribution in [2.24, 2.45) is 11.8 Å². The van der Waals surface area contributed by atoms with Crippen molar-refractivity contribution in [2.75, 3.05) is 5.32 Å². The highest BCUT2D eigenvalue weighted by Crippen LogP contribution is 2.32. The topological polar surface area (TPSA) is 83.7 Å². The fourth-order valence-electron chi connectivity index (χ4n) is 4.02. The molecule has 4 rings (SSSR count). The number of pyridine rings is 1. The predicted octanol–water partition coefficient (Wildman–Crippen LogP) is 4.14. The Morgan fingerprint density at radius 3 is 2.61 bits per heavy atom. The maximum atomic E-state index is 12.7. The Labute approximate surface area is 163 Å². The van der Waals surface area contributed by atoms with E-state index in [0.717, 1.165) is 35.4 Å². The molecular weight excluding hydrogens is 354 g/mol. The summed E-state index contributed by atoms with van der Waals surface area (Å²) in [4.78, 5) is 28.9. The number of aliphatic carboxylic acids is 1. The summed E-state index contributed by atoms with van der Waals surface area (Å²) in [7, 11) is 0. The number of fused-ring (bicyclic) bond motifs is 1. The van der Waals surface area contributed by atoms with E-state index in [9.17, 15) is 14.7 Å². The molecule has 2 aromatic heterocycles. The van der Waals surface area contributed by atoms with Crippen LogP contribution in [0.25, 0.3) is 16.9 Å². The quantitative estimate of drug-likeness (QED) is 0.716. The maximum Gasteiger partial charge on any atom is 0.307 e.